The highest BCUT2D eigenvalue weighted by molar-refractivity contribution is 7.99. The molecule has 0 aromatic carbocycles. The number of pyridine rings is 1. The average molecular weight is 230 g/mol. The molecular formula is C11H16ClNS. The van der Waals surface area contributed by atoms with Crippen molar-refractivity contribution in [2.24, 2.45) is 5.92 Å². The first-order valence-corrected chi connectivity index (χ1v) is 6.43. The quantitative estimate of drug-likeness (QED) is 0.543. The van der Waals surface area contributed by atoms with Crippen molar-refractivity contribution in [3.63, 3.8) is 0 Å². The van der Waals surface area contributed by atoms with Crippen molar-refractivity contribution in [2.75, 3.05) is 11.6 Å². The Hall–Kier alpha value is -0.210. The number of alkyl halides is 1. The Balaban J connectivity index is 2.16. The standard InChI is InChI=1S/C11H16ClNS/c1-10(2-6-12)5-9-14-11-3-7-13-8-4-11/h3-4,7-8,10H,2,5-6,9H2,1H3. The summed E-state index contributed by atoms with van der Waals surface area (Å²) in [4.78, 5) is 5.29. The Kier molecular flexibility index (Phi) is 6.04. The van der Waals surface area contributed by atoms with Gasteiger partial charge in [-0.25, -0.2) is 0 Å². The number of halogens is 1. The highest BCUT2D eigenvalue weighted by Crippen LogP contribution is 2.20. The number of nitrogens with zero attached hydrogens (tertiary/aromatic N) is 1. The molecule has 0 amide bonds. The van der Waals surface area contributed by atoms with Crippen molar-refractivity contribution in [2.45, 2.75) is 24.7 Å². The summed E-state index contributed by atoms with van der Waals surface area (Å²) in [5.41, 5.74) is 0. The average Bonchev–Trinajstić information content (AvgIpc) is 2.20. The second kappa shape index (κ2) is 7.13. The van der Waals surface area contributed by atoms with Crippen LogP contribution in [0.2, 0.25) is 0 Å². The second-order valence-electron chi connectivity index (χ2n) is 3.40. The lowest BCUT2D eigenvalue weighted by atomic mass is 10.1. The summed E-state index contributed by atoms with van der Waals surface area (Å²) in [6, 6.07) is 4.10. The maximum atomic E-state index is 5.68. The molecule has 0 fully saturated rings. The van der Waals surface area contributed by atoms with Crippen molar-refractivity contribution in [3.05, 3.63) is 24.5 Å². The summed E-state index contributed by atoms with van der Waals surface area (Å²) in [5, 5.41) is 0. The molecule has 78 valence electrons. The molecule has 1 unspecified atom stereocenters. The molecule has 0 aliphatic heterocycles. The highest BCUT2D eigenvalue weighted by Gasteiger charge is 2.01. The van der Waals surface area contributed by atoms with Gasteiger partial charge in [0.25, 0.3) is 0 Å². The zero-order chi connectivity index (χ0) is 10.2. The zero-order valence-corrected chi connectivity index (χ0v) is 10.0. The number of hydrogen-bond acceptors (Lipinski definition) is 2. The van der Waals surface area contributed by atoms with Gasteiger partial charge in [0.05, 0.1) is 0 Å². The van der Waals surface area contributed by atoms with E-state index >= 15 is 0 Å². The summed E-state index contributed by atoms with van der Waals surface area (Å²) in [5.74, 6) is 2.69. The molecule has 3 heteroatoms. The Labute approximate surface area is 95.3 Å². The molecule has 0 aliphatic carbocycles. The van der Waals surface area contributed by atoms with E-state index in [1.807, 2.05) is 24.2 Å². The first-order chi connectivity index (χ1) is 6.83. The normalized spacial score (nSPS) is 12.7. The fourth-order valence-corrected chi connectivity index (χ4v) is 2.59. The summed E-state index contributed by atoms with van der Waals surface area (Å²) in [7, 11) is 0. The lowest BCUT2D eigenvalue weighted by Crippen LogP contribution is -1.97. The van der Waals surface area contributed by atoms with Gasteiger partial charge in [0.2, 0.25) is 0 Å². The van der Waals surface area contributed by atoms with Gasteiger partial charge in [0.1, 0.15) is 0 Å². The van der Waals surface area contributed by atoms with Crippen LogP contribution in [-0.2, 0) is 0 Å². The van der Waals surface area contributed by atoms with Crippen LogP contribution in [0.5, 0.6) is 0 Å². The van der Waals surface area contributed by atoms with Gasteiger partial charge >= 0.3 is 0 Å². The predicted octanol–water partition coefficient (Wildman–Crippen LogP) is 3.83. The monoisotopic (exact) mass is 229 g/mol. The Morgan fingerprint density at radius 2 is 2.07 bits per heavy atom. The number of thioether (sulfide) groups is 1. The smallest absolute Gasteiger partial charge is 0.0278 e. The van der Waals surface area contributed by atoms with Crippen molar-refractivity contribution in [3.8, 4) is 0 Å². The van der Waals surface area contributed by atoms with E-state index in [9.17, 15) is 0 Å². The predicted molar refractivity (Wildman–Crippen MR) is 64.1 cm³/mol. The van der Waals surface area contributed by atoms with E-state index in [0.717, 1.165) is 18.2 Å². The van der Waals surface area contributed by atoms with Crippen molar-refractivity contribution in [1.82, 2.24) is 4.98 Å². The summed E-state index contributed by atoms with van der Waals surface area (Å²) >= 11 is 7.57. The van der Waals surface area contributed by atoms with E-state index in [0.29, 0.717) is 0 Å². The third-order valence-electron chi connectivity index (χ3n) is 2.13. The molecule has 1 aromatic heterocycles. The first kappa shape index (κ1) is 11.9. The van der Waals surface area contributed by atoms with Crippen molar-refractivity contribution < 1.29 is 0 Å². The number of hydrogen-bond donors (Lipinski definition) is 0. The third kappa shape index (κ3) is 4.87. The van der Waals surface area contributed by atoms with Crippen LogP contribution < -0.4 is 0 Å². The molecule has 1 nitrogen and oxygen atoms in total. The molecular weight excluding hydrogens is 214 g/mol. The molecule has 1 heterocycles. The van der Waals surface area contributed by atoms with E-state index in [4.69, 9.17) is 11.6 Å². The summed E-state index contributed by atoms with van der Waals surface area (Å²) in [6.45, 7) is 2.26. The van der Waals surface area contributed by atoms with E-state index < -0.39 is 0 Å². The number of rotatable bonds is 6. The first-order valence-electron chi connectivity index (χ1n) is 4.91. The molecule has 0 N–H and O–H groups in total. The van der Waals surface area contributed by atoms with E-state index in [1.165, 1.54) is 17.1 Å². The van der Waals surface area contributed by atoms with Gasteiger partial charge in [-0.2, -0.15) is 0 Å². The Bertz CT molecular complexity index is 240. The van der Waals surface area contributed by atoms with Crippen molar-refractivity contribution >= 4 is 23.4 Å². The van der Waals surface area contributed by atoms with Crippen LogP contribution in [0.1, 0.15) is 19.8 Å². The fourth-order valence-electron chi connectivity index (χ4n) is 1.14. The minimum Gasteiger partial charge on any atom is -0.265 e. The molecule has 0 saturated carbocycles. The van der Waals surface area contributed by atoms with Crippen LogP contribution in [0.25, 0.3) is 0 Å². The SMILES string of the molecule is CC(CCCl)CCSc1ccncc1. The lowest BCUT2D eigenvalue weighted by molar-refractivity contribution is 0.552. The minimum absolute atomic E-state index is 0.738. The molecule has 1 rings (SSSR count). The van der Waals surface area contributed by atoms with Gasteiger partial charge in [-0.3, -0.25) is 4.98 Å². The molecule has 0 saturated heterocycles. The molecule has 0 radical (unpaired) electrons. The van der Waals surface area contributed by atoms with Crippen LogP contribution in [0.15, 0.2) is 29.4 Å². The molecule has 0 bridgehead atoms. The summed E-state index contributed by atoms with van der Waals surface area (Å²) in [6.07, 6.45) is 6.03. The van der Waals surface area contributed by atoms with E-state index in [-0.39, 0.29) is 0 Å². The highest BCUT2D eigenvalue weighted by atomic mass is 35.5. The largest absolute Gasteiger partial charge is 0.265 e. The molecule has 1 atom stereocenters. The zero-order valence-electron chi connectivity index (χ0n) is 8.45. The second-order valence-corrected chi connectivity index (χ2v) is 4.95. The maximum absolute atomic E-state index is 5.68. The van der Waals surface area contributed by atoms with Gasteiger partial charge in [0.15, 0.2) is 0 Å². The molecule has 1 aromatic rings. The Morgan fingerprint density at radius 3 is 2.71 bits per heavy atom. The Morgan fingerprint density at radius 1 is 1.36 bits per heavy atom. The fraction of sp³-hybridized carbons (Fsp3) is 0.545. The maximum Gasteiger partial charge on any atom is 0.0278 e. The van der Waals surface area contributed by atoms with Gasteiger partial charge in [-0.05, 0) is 36.6 Å². The van der Waals surface area contributed by atoms with Crippen LogP contribution in [0.3, 0.4) is 0 Å². The summed E-state index contributed by atoms with van der Waals surface area (Å²) < 4.78 is 0. The topological polar surface area (TPSA) is 12.9 Å². The van der Waals surface area contributed by atoms with Gasteiger partial charge < -0.3 is 0 Å². The minimum atomic E-state index is 0.738. The van der Waals surface area contributed by atoms with Gasteiger partial charge in [-0.15, -0.1) is 23.4 Å². The number of aromatic nitrogens is 1. The third-order valence-corrected chi connectivity index (χ3v) is 3.39. The van der Waals surface area contributed by atoms with Crippen LogP contribution in [0, 0.1) is 5.92 Å². The molecule has 14 heavy (non-hydrogen) atoms. The van der Waals surface area contributed by atoms with Gasteiger partial charge in [-0.1, -0.05) is 6.92 Å². The van der Waals surface area contributed by atoms with E-state index in [1.54, 1.807) is 0 Å². The van der Waals surface area contributed by atoms with Crippen molar-refractivity contribution in [1.29, 1.82) is 0 Å². The lowest BCUT2D eigenvalue weighted by Gasteiger charge is -2.08. The van der Waals surface area contributed by atoms with Gasteiger partial charge in [0, 0.05) is 23.2 Å². The molecule has 0 aliphatic rings. The molecule has 0 spiro atoms. The van der Waals surface area contributed by atoms with E-state index in [2.05, 4.69) is 24.0 Å². The van der Waals surface area contributed by atoms with Crippen LogP contribution in [0.4, 0.5) is 0 Å². The van der Waals surface area contributed by atoms with Crippen LogP contribution >= 0.6 is 23.4 Å². The van der Waals surface area contributed by atoms with Crippen LogP contribution in [-0.4, -0.2) is 16.6 Å².